The first kappa shape index (κ1) is 13.1. The predicted molar refractivity (Wildman–Crippen MR) is 69.2 cm³/mol. The zero-order chi connectivity index (χ0) is 12.8. The molecule has 0 atom stereocenters. The van der Waals surface area contributed by atoms with Gasteiger partial charge in [-0.3, -0.25) is 4.79 Å². The van der Waals surface area contributed by atoms with Crippen molar-refractivity contribution in [3.8, 4) is 0 Å². The Kier molecular flexibility index (Phi) is 4.76. The number of hydrogen-bond donors (Lipinski definition) is 1. The van der Waals surface area contributed by atoms with Crippen molar-refractivity contribution in [1.29, 1.82) is 0 Å². The van der Waals surface area contributed by atoms with E-state index in [0.717, 1.165) is 25.7 Å². The van der Waals surface area contributed by atoms with Gasteiger partial charge in [0.05, 0.1) is 12.5 Å². The van der Waals surface area contributed by atoms with Crippen molar-refractivity contribution in [2.45, 2.75) is 31.6 Å². The van der Waals surface area contributed by atoms with Crippen LogP contribution in [0.3, 0.4) is 0 Å². The summed E-state index contributed by atoms with van der Waals surface area (Å²) >= 11 is 0. The Morgan fingerprint density at radius 1 is 1.17 bits per heavy atom. The summed E-state index contributed by atoms with van der Waals surface area (Å²) < 4.78 is 4.98. The zero-order valence-electron chi connectivity index (χ0n) is 10.5. The van der Waals surface area contributed by atoms with Crippen molar-refractivity contribution >= 4 is 5.97 Å². The first-order valence-electron chi connectivity index (χ1n) is 6.63. The Bertz CT molecular complexity index is 367. The molecular weight excluding hydrogens is 228 g/mol. The smallest absolute Gasteiger partial charge is 0.309 e. The van der Waals surface area contributed by atoms with Gasteiger partial charge in [0.1, 0.15) is 6.61 Å². The number of aliphatic hydroxyl groups excluding tert-OH is 1. The van der Waals surface area contributed by atoms with Gasteiger partial charge in [-0.1, -0.05) is 30.3 Å². The summed E-state index contributed by atoms with van der Waals surface area (Å²) in [4.78, 5) is 11.7. The van der Waals surface area contributed by atoms with Crippen LogP contribution >= 0.6 is 0 Å². The highest BCUT2D eigenvalue weighted by Crippen LogP contribution is 2.36. The Morgan fingerprint density at radius 3 is 2.44 bits per heavy atom. The van der Waals surface area contributed by atoms with Crippen LogP contribution in [0.1, 0.15) is 37.2 Å². The lowest BCUT2D eigenvalue weighted by Gasteiger charge is -2.27. The number of hydrogen-bond acceptors (Lipinski definition) is 3. The van der Waals surface area contributed by atoms with Crippen LogP contribution < -0.4 is 0 Å². The molecule has 1 aliphatic carbocycles. The molecule has 0 saturated heterocycles. The van der Waals surface area contributed by atoms with Crippen molar-refractivity contribution in [2.75, 3.05) is 13.2 Å². The van der Waals surface area contributed by atoms with Gasteiger partial charge in [-0.25, -0.2) is 0 Å². The second-order valence-electron chi connectivity index (χ2n) is 4.85. The molecule has 0 spiro atoms. The lowest BCUT2D eigenvalue weighted by Crippen LogP contribution is -2.24. The molecule has 0 unspecified atom stereocenters. The van der Waals surface area contributed by atoms with Gasteiger partial charge in [-0.2, -0.15) is 0 Å². The largest absolute Gasteiger partial charge is 0.463 e. The van der Waals surface area contributed by atoms with Crippen molar-refractivity contribution in [2.24, 2.45) is 5.92 Å². The number of carbonyl (C=O) groups is 1. The molecule has 3 nitrogen and oxygen atoms in total. The molecule has 1 saturated carbocycles. The lowest BCUT2D eigenvalue weighted by atomic mass is 9.79. The quantitative estimate of drug-likeness (QED) is 0.833. The van der Waals surface area contributed by atoms with Gasteiger partial charge >= 0.3 is 5.97 Å². The first-order chi connectivity index (χ1) is 8.81. The Labute approximate surface area is 108 Å². The van der Waals surface area contributed by atoms with Crippen LogP contribution in [-0.2, 0) is 9.53 Å². The van der Waals surface area contributed by atoms with E-state index < -0.39 is 0 Å². The van der Waals surface area contributed by atoms with E-state index in [9.17, 15) is 4.79 Å². The second kappa shape index (κ2) is 6.55. The SMILES string of the molecule is O=C(OCCO)C1CCC(c2ccccc2)CC1. The third-order valence-electron chi connectivity index (χ3n) is 3.67. The highest BCUT2D eigenvalue weighted by atomic mass is 16.5. The fourth-order valence-corrected chi connectivity index (χ4v) is 2.65. The minimum atomic E-state index is -0.143. The van der Waals surface area contributed by atoms with Gasteiger partial charge in [0.15, 0.2) is 0 Å². The van der Waals surface area contributed by atoms with Crippen LogP contribution in [0.2, 0.25) is 0 Å². The van der Waals surface area contributed by atoms with E-state index in [4.69, 9.17) is 9.84 Å². The fraction of sp³-hybridized carbons (Fsp3) is 0.533. The summed E-state index contributed by atoms with van der Waals surface area (Å²) in [5.41, 5.74) is 1.37. The zero-order valence-corrected chi connectivity index (χ0v) is 10.5. The normalized spacial score (nSPS) is 23.6. The second-order valence-corrected chi connectivity index (χ2v) is 4.85. The van der Waals surface area contributed by atoms with Crippen LogP contribution in [0.15, 0.2) is 30.3 Å². The van der Waals surface area contributed by atoms with Crippen molar-refractivity contribution in [3.05, 3.63) is 35.9 Å². The molecule has 18 heavy (non-hydrogen) atoms. The summed E-state index contributed by atoms with van der Waals surface area (Å²) in [5, 5.41) is 8.63. The molecule has 3 heteroatoms. The average molecular weight is 248 g/mol. The molecule has 0 aliphatic heterocycles. The topological polar surface area (TPSA) is 46.5 Å². The van der Waals surface area contributed by atoms with Crippen molar-refractivity contribution < 1.29 is 14.6 Å². The third-order valence-corrected chi connectivity index (χ3v) is 3.67. The molecule has 1 N–H and O–H groups in total. The minimum absolute atomic E-state index is 0.0245. The van der Waals surface area contributed by atoms with Gasteiger partial charge in [0.2, 0.25) is 0 Å². The monoisotopic (exact) mass is 248 g/mol. The van der Waals surface area contributed by atoms with E-state index in [0.29, 0.717) is 5.92 Å². The standard InChI is InChI=1S/C15H20O3/c16-10-11-18-15(17)14-8-6-13(7-9-14)12-4-2-1-3-5-12/h1-5,13-14,16H,6-11H2. The van der Waals surface area contributed by atoms with Crippen LogP contribution in [0, 0.1) is 5.92 Å². The molecule has 2 rings (SSSR count). The highest BCUT2D eigenvalue weighted by Gasteiger charge is 2.27. The number of rotatable bonds is 4. The fourth-order valence-electron chi connectivity index (χ4n) is 2.65. The summed E-state index contributed by atoms with van der Waals surface area (Å²) in [7, 11) is 0. The van der Waals surface area contributed by atoms with Gasteiger partial charge in [-0.15, -0.1) is 0 Å². The molecule has 0 bridgehead atoms. The molecule has 1 aromatic rings. The molecule has 0 amide bonds. The summed E-state index contributed by atoms with van der Waals surface area (Å²) in [6.07, 6.45) is 3.87. The Morgan fingerprint density at radius 2 is 1.83 bits per heavy atom. The molecule has 0 heterocycles. The van der Waals surface area contributed by atoms with Gasteiger partial charge < -0.3 is 9.84 Å². The van der Waals surface area contributed by atoms with Gasteiger partial charge in [-0.05, 0) is 37.2 Å². The van der Waals surface area contributed by atoms with E-state index in [2.05, 4.69) is 24.3 Å². The van der Waals surface area contributed by atoms with E-state index in [1.807, 2.05) is 6.07 Å². The number of carbonyl (C=O) groups excluding carboxylic acids is 1. The first-order valence-corrected chi connectivity index (χ1v) is 6.63. The maximum absolute atomic E-state index is 11.7. The maximum Gasteiger partial charge on any atom is 0.309 e. The molecule has 98 valence electrons. The molecule has 1 fully saturated rings. The van der Waals surface area contributed by atoms with Crippen LogP contribution in [0.25, 0.3) is 0 Å². The number of benzene rings is 1. The van der Waals surface area contributed by atoms with Crippen LogP contribution in [-0.4, -0.2) is 24.3 Å². The van der Waals surface area contributed by atoms with E-state index in [1.54, 1.807) is 0 Å². The predicted octanol–water partition coefficient (Wildman–Crippen LogP) is 2.50. The van der Waals surface area contributed by atoms with Crippen LogP contribution in [0.4, 0.5) is 0 Å². The van der Waals surface area contributed by atoms with Gasteiger partial charge in [0.25, 0.3) is 0 Å². The van der Waals surface area contributed by atoms with Gasteiger partial charge in [0, 0.05) is 0 Å². The maximum atomic E-state index is 11.7. The van der Waals surface area contributed by atoms with Crippen LogP contribution in [0.5, 0.6) is 0 Å². The molecule has 1 aliphatic rings. The van der Waals surface area contributed by atoms with E-state index in [1.165, 1.54) is 5.56 Å². The average Bonchev–Trinajstić information content (AvgIpc) is 2.46. The minimum Gasteiger partial charge on any atom is -0.463 e. The highest BCUT2D eigenvalue weighted by molar-refractivity contribution is 5.72. The Balaban J connectivity index is 1.83. The molecule has 0 radical (unpaired) electrons. The van der Waals surface area contributed by atoms with Crippen molar-refractivity contribution in [3.63, 3.8) is 0 Å². The molecule has 1 aromatic carbocycles. The summed E-state index contributed by atoms with van der Waals surface area (Å²) in [6, 6.07) is 10.5. The molecular formula is C15H20O3. The van der Waals surface area contributed by atoms with E-state index >= 15 is 0 Å². The molecule has 0 aromatic heterocycles. The van der Waals surface area contributed by atoms with E-state index in [-0.39, 0.29) is 25.1 Å². The number of esters is 1. The number of aliphatic hydroxyl groups is 1. The number of ether oxygens (including phenoxy) is 1. The third kappa shape index (κ3) is 3.33. The summed E-state index contributed by atoms with van der Waals surface area (Å²) in [5.74, 6) is 0.458. The lowest BCUT2D eigenvalue weighted by molar-refractivity contribution is -0.150. The Hall–Kier alpha value is -1.35. The summed E-state index contributed by atoms with van der Waals surface area (Å²) in [6.45, 7) is 0.0303. The van der Waals surface area contributed by atoms with Crippen molar-refractivity contribution in [1.82, 2.24) is 0 Å².